The van der Waals surface area contributed by atoms with E-state index in [1.54, 1.807) is 6.92 Å². The maximum absolute atomic E-state index is 11.1. The van der Waals surface area contributed by atoms with E-state index in [4.69, 9.17) is 5.11 Å². The molecule has 5 nitrogen and oxygen atoms in total. The quantitative estimate of drug-likeness (QED) is 0.923. The highest BCUT2D eigenvalue weighted by Crippen LogP contribution is 2.25. The van der Waals surface area contributed by atoms with E-state index in [1.165, 1.54) is 28.2 Å². The molecule has 1 aliphatic rings. The molecular formula is C18H23N3O2S. The SMILES string of the molecule is Cc1cccc(N2CCN(Cc3nc(C)c(C(=O)O)s3)CC2)c1C. The fourth-order valence-electron chi connectivity index (χ4n) is 3.13. The molecule has 1 saturated heterocycles. The average molecular weight is 345 g/mol. The molecule has 1 fully saturated rings. The standard InChI is InChI=1S/C18H23N3O2S/c1-12-5-4-6-15(13(12)2)21-9-7-20(8-10-21)11-16-19-14(3)17(24-16)18(22)23/h4-6H,7-11H2,1-3H3,(H,22,23). The molecule has 24 heavy (non-hydrogen) atoms. The van der Waals surface area contributed by atoms with Gasteiger partial charge in [-0.15, -0.1) is 11.3 Å². The van der Waals surface area contributed by atoms with E-state index in [1.807, 2.05) is 0 Å². The Morgan fingerprint density at radius 2 is 1.92 bits per heavy atom. The summed E-state index contributed by atoms with van der Waals surface area (Å²) in [5.41, 5.74) is 4.63. The number of aromatic carboxylic acids is 1. The van der Waals surface area contributed by atoms with Crippen LogP contribution in [0.25, 0.3) is 0 Å². The lowest BCUT2D eigenvalue weighted by atomic mass is 10.1. The maximum Gasteiger partial charge on any atom is 0.347 e. The number of anilines is 1. The molecule has 6 heteroatoms. The fraction of sp³-hybridized carbons (Fsp3) is 0.444. The molecule has 0 unspecified atom stereocenters. The second kappa shape index (κ2) is 6.91. The molecule has 0 spiro atoms. The van der Waals surface area contributed by atoms with Gasteiger partial charge in [0.2, 0.25) is 0 Å². The third kappa shape index (κ3) is 3.44. The Kier molecular flexibility index (Phi) is 4.87. The van der Waals surface area contributed by atoms with Crippen LogP contribution in [-0.4, -0.2) is 47.1 Å². The molecule has 128 valence electrons. The zero-order valence-corrected chi connectivity index (χ0v) is 15.2. The minimum atomic E-state index is -0.879. The van der Waals surface area contributed by atoms with Crippen LogP contribution in [0, 0.1) is 20.8 Å². The highest BCUT2D eigenvalue weighted by Gasteiger charge is 2.21. The highest BCUT2D eigenvalue weighted by atomic mass is 32.1. The predicted molar refractivity (Wildman–Crippen MR) is 97.2 cm³/mol. The maximum atomic E-state index is 11.1. The van der Waals surface area contributed by atoms with E-state index in [9.17, 15) is 4.79 Å². The van der Waals surface area contributed by atoms with Crippen molar-refractivity contribution >= 4 is 23.0 Å². The van der Waals surface area contributed by atoms with E-state index >= 15 is 0 Å². The zero-order chi connectivity index (χ0) is 17.3. The lowest BCUT2D eigenvalue weighted by Gasteiger charge is -2.36. The molecule has 2 aromatic rings. The molecule has 1 aromatic heterocycles. The monoisotopic (exact) mass is 345 g/mol. The molecular weight excluding hydrogens is 322 g/mol. The number of hydrogen-bond acceptors (Lipinski definition) is 5. The van der Waals surface area contributed by atoms with Gasteiger partial charge in [-0.2, -0.15) is 0 Å². The third-order valence-electron chi connectivity index (χ3n) is 4.68. The van der Waals surface area contributed by atoms with Crippen LogP contribution in [0.1, 0.15) is 31.5 Å². The van der Waals surface area contributed by atoms with Gasteiger partial charge >= 0.3 is 5.97 Å². The first-order valence-electron chi connectivity index (χ1n) is 8.19. The summed E-state index contributed by atoms with van der Waals surface area (Å²) in [6, 6.07) is 6.47. The minimum Gasteiger partial charge on any atom is -0.477 e. The summed E-state index contributed by atoms with van der Waals surface area (Å²) in [5, 5.41) is 10.0. The number of benzene rings is 1. The van der Waals surface area contributed by atoms with Gasteiger partial charge in [-0.05, 0) is 38.0 Å². The lowest BCUT2D eigenvalue weighted by Crippen LogP contribution is -2.46. The van der Waals surface area contributed by atoms with E-state index in [0.717, 1.165) is 37.7 Å². The summed E-state index contributed by atoms with van der Waals surface area (Å²) in [4.78, 5) is 20.7. The van der Waals surface area contributed by atoms with Crippen molar-refractivity contribution in [1.82, 2.24) is 9.88 Å². The van der Waals surface area contributed by atoms with Crippen molar-refractivity contribution in [3.8, 4) is 0 Å². The van der Waals surface area contributed by atoms with Crippen LogP contribution in [-0.2, 0) is 6.54 Å². The predicted octanol–water partition coefficient (Wildman–Crippen LogP) is 3.09. The van der Waals surface area contributed by atoms with Crippen molar-refractivity contribution in [1.29, 1.82) is 0 Å². The summed E-state index contributed by atoms with van der Waals surface area (Å²) in [6.07, 6.45) is 0. The summed E-state index contributed by atoms with van der Waals surface area (Å²) >= 11 is 1.30. The topological polar surface area (TPSA) is 56.7 Å². The van der Waals surface area contributed by atoms with Gasteiger partial charge in [0.25, 0.3) is 0 Å². The molecule has 0 aliphatic carbocycles. The number of piperazine rings is 1. The zero-order valence-electron chi connectivity index (χ0n) is 14.4. The number of carboxylic acids is 1. The van der Waals surface area contributed by atoms with Crippen molar-refractivity contribution < 1.29 is 9.90 Å². The Morgan fingerprint density at radius 3 is 2.54 bits per heavy atom. The van der Waals surface area contributed by atoms with Crippen LogP contribution in [0.15, 0.2) is 18.2 Å². The second-order valence-corrected chi connectivity index (χ2v) is 7.39. The van der Waals surface area contributed by atoms with Gasteiger partial charge in [0.05, 0.1) is 12.2 Å². The Balaban J connectivity index is 1.62. The minimum absolute atomic E-state index is 0.360. The summed E-state index contributed by atoms with van der Waals surface area (Å²) in [5.74, 6) is -0.879. The molecule has 2 heterocycles. The van der Waals surface area contributed by atoms with Crippen molar-refractivity contribution in [3.05, 3.63) is 44.9 Å². The number of aryl methyl sites for hydroxylation is 2. The Labute approximate surface area is 146 Å². The number of thiazole rings is 1. The molecule has 0 radical (unpaired) electrons. The summed E-state index contributed by atoms with van der Waals surface area (Å²) < 4.78 is 0. The Bertz CT molecular complexity index is 749. The number of hydrogen-bond donors (Lipinski definition) is 1. The summed E-state index contributed by atoms with van der Waals surface area (Å²) in [7, 11) is 0. The fourth-order valence-corrected chi connectivity index (χ4v) is 4.08. The number of aromatic nitrogens is 1. The van der Waals surface area contributed by atoms with Crippen LogP contribution in [0.4, 0.5) is 5.69 Å². The van der Waals surface area contributed by atoms with Crippen LogP contribution in [0.5, 0.6) is 0 Å². The second-order valence-electron chi connectivity index (χ2n) is 6.31. The van der Waals surface area contributed by atoms with Crippen LogP contribution in [0.2, 0.25) is 0 Å². The molecule has 0 amide bonds. The molecule has 0 saturated carbocycles. The summed E-state index contributed by atoms with van der Waals surface area (Å²) in [6.45, 7) is 10.7. The van der Waals surface area contributed by atoms with E-state index < -0.39 is 5.97 Å². The smallest absolute Gasteiger partial charge is 0.347 e. The molecule has 0 atom stereocenters. The molecule has 1 aliphatic heterocycles. The lowest BCUT2D eigenvalue weighted by molar-refractivity contribution is 0.0701. The van der Waals surface area contributed by atoms with E-state index in [2.05, 4.69) is 46.8 Å². The third-order valence-corrected chi connectivity index (χ3v) is 5.81. The van der Waals surface area contributed by atoms with Crippen LogP contribution < -0.4 is 4.90 Å². The van der Waals surface area contributed by atoms with Crippen LogP contribution in [0.3, 0.4) is 0 Å². The molecule has 3 rings (SSSR count). The van der Waals surface area contributed by atoms with Gasteiger partial charge in [0.15, 0.2) is 0 Å². The van der Waals surface area contributed by atoms with Gasteiger partial charge in [0.1, 0.15) is 9.88 Å². The molecule has 0 bridgehead atoms. The van der Waals surface area contributed by atoms with Crippen molar-refractivity contribution in [2.45, 2.75) is 27.3 Å². The van der Waals surface area contributed by atoms with E-state index in [0.29, 0.717) is 10.6 Å². The molecule has 1 N–H and O–H groups in total. The van der Waals surface area contributed by atoms with Crippen LogP contribution >= 0.6 is 11.3 Å². The number of nitrogens with zero attached hydrogens (tertiary/aromatic N) is 3. The van der Waals surface area contributed by atoms with Gasteiger partial charge in [-0.3, -0.25) is 4.90 Å². The number of carboxylic acid groups (broad SMARTS) is 1. The Hall–Kier alpha value is -1.92. The molecule has 1 aromatic carbocycles. The van der Waals surface area contributed by atoms with E-state index in [-0.39, 0.29) is 0 Å². The van der Waals surface area contributed by atoms with Gasteiger partial charge in [-0.1, -0.05) is 12.1 Å². The van der Waals surface area contributed by atoms with Crippen molar-refractivity contribution in [2.24, 2.45) is 0 Å². The normalized spacial score (nSPS) is 15.7. The first-order valence-corrected chi connectivity index (χ1v) is 9.00. The van der Waals surface area contributed by atoms with Crippen molar-refractivity contribution in [3.63, 3.8) is 0 Å². The number of carbonyl (C=O) groups is 1. The van der Waals surface area contributed by atoms with Gasteiger partial charge < -0.3 is 10.0 Å². The average Bonchev–Trinajstić information content (AvgIpc) is 2.92. The highest BCUT2D eigenvalue weighted by molar-refractivity contribution is 7.13. The first kappa shape index (κ1) is 16.9. The van der Waals surface area contributed by atoms with Crippen molar-refractivity contribution in [2.75, 3.05) is 31.1 Å². The first-order chi connectivity index (χ1) is 11.5. The van der Waals surface area contributed by atoms with Gasteiger partial charge in [-0.25, -0.2) is 9.78 Å². The largest absolute Gasteiger partial charge is 0.477 e. The number of rotatable bonds is 4. The van der Waals surface area contributed by atoms with Gasteiger partial charge in [0, 0.05) is 31.9 Å². The Morgan fingerprint density at radius 1 is 1.21 bits per heavy atom.